The third-order valence-corrected chi connectivity index (χ3v) is 5.51. The molecule has 112 valence electrons. The monoisotopic (exact) mass is 370 g/mol. The van der Waals surface area contributed by atoms with Crippen molar-refractivity contribution in [3.8, 4) is 5.75 Å². The maximum absolute atomic E-state index is 12.5. The van der Waals surface area contributed by atoms with Gasteiger partial charge in [-0.3, -0.25) is 0 Å². The third-order valence-electron chi connectivity index (χ3n) is 3.02. The smallest absolute Gasteiger partial charge is 0.243 e. The topological polar surface area (TPSA) is 83.6 Å². The number of nitrogens with zero attached hydrogens (tertiary/aromatic N) is 1. The van der Waals surface area contributed by atoms with Gasteiger partial charge in [0.2, 0.25) is 10.0 Å². The van der Waals surface area contributed by atoms with Gasteiger partial charge in [0, 0.05) is 23.8 Å². The Morgan fingerprint density at radius 1 is 1.19 bits per heavy atom. The third kappa shape index (κ3) is 3.55. The molecule has 0 amide bonds. The molecule has 0 fully saturated rings. The second-order valence-corrected chi connectivity index (χ2v) is 7.51. The van der Waals surface area contributed by atoms with Crippen LogP contribution in [0.2, 0.25) is 0 Å². The Morgan fingerprint density at radius 3 is 2.38 bits per heavy atom. The molecule has 0 aliphatic carbocycles. The van der Waals surface area contributed by atoms with E-state index in [0.29, 0.717) is 10.2 Å². The van der Waals surface area contributed by atoms with Crippen molar-refractivity contribution in [3.63, 3.8) is 0 Å². The standard InChI is InChI=1S/C14H15BrN2O3S/c1-17(9-10-2-4-11(18)5-3-10)21(19,20)12-6-7-14(16)13(15)8-12/h2-8,18H,9,16H2,1H3. The van der Waals surface area contributed by atoms with E-state index in [1.807, 2.05) is 0 Å². The van der Waals surface area contributed by atoms with Crippen LogP contribution < -0.4 is 5.73 Å². The van der Waals surface area contributed by atoms with Crippen molar-refractivity contribution >= 4 is 31.6 Å². The molecule has 2 aromatic carbocycles. The molecule has 0 bridgehead atoms. The number of halogens is 1. The van der Waals surface area contributed by atoms with E-state index in [9.17, 15) is 13.5 Å². The van der Waals surface area contributed by atoms with Gasteiger partial charge in [0.1, 0.15) is 5.75 Å². The van der Waals surface area contributed by atoms with Crippen molar-refractivity contribution in [2.75, 3.05) is 12.8 Å². The van der Waals surface area contributed by atoms with E-state index in [-0.39, 0.29) is 17.2 Å². The summed E-state index contributed by atoms with van der Waals surface area (Å²) in [5, 5.41) is 9.24. The van der Waals surface area contributed by atoms with Gasteiger partial charge in [0.25, 0.3) is 0 Å². The first-order valence-corrected chi connectivity index (χ1v) is 8.33. The van der Waals surface area contributed by atoms with Crippen molar-refractivity contribution in [3.05, 3.63) is 52.5 Å². The number of nitrogen functional groups attached to an aromatic ring is 1. The largest absolute Gasteiger partial charge is 0.508 e. The summed E-state index contributed by atoms with van der Waals surface area (Å²) < 4.78 is 26.8. The van der Waals surface area contributed by atoms with Crippen molar-refractivity contribution in [2.45, 2.75) is 11.4 Å². The molecule has 0 spiro atoms. The van der Waals surface area contributed by atoms with Gasteiger partial charge in [-0.15, -0.1) is 0 Å². The number of aromatic hydroxyl groups is 1. The number of benzene rings is 2. The number of hydrogen-bond acceptors (Lipinski definition) is 4. The molecule has 0 aliphatic heterocycles. The molecule has 7 heteroatoms. The van der Waals surface area contributed by atoms with E-state index in [1.165, 1.54) is 35.6 Å². The molecule has 3 N–H and O–H groups in total. The molecule has 2 aromatic rings. The summed E-state index contributed by atoms with van der Waals surface area (Å²) in [6, 6.07) is 10.9. The maximum atomic E-state index is 12.5. The van der Waals surface area contributed by atoms with Gasteiger partial charge < -0.3 is 10.8 Å². The van der Waals surface area contributed by atoms with Crippen molar-refractivity contribution in [2.24, 2.45) is 0 Å². The molecule has 0 saturated carbocycles. The van der Waals surface area contributed by atoms with E-state index in [0.717, 1.165) is 5.56 Å². The van der Waals surface area contributed by atoms with E-state index < -0.39 is 10.0 Å². The zero-order valence-corrected chi connectivity index (χ0v) is 13.7. The number of nitrogens with two attached hydrogens (primary N) is 1. The highest BCUT2D eigenvalue weighted by Crippen LogP contribution is 2.25. The Bertz CT molecular complexity index is 745. The first kappa shape index (κ1) is 15.8. The number of sulfonamides is 1. The second-order valence-electron chi connectivity index (χ2n) is 4.61. The number of rotatable bonds is 4. The van der Waals surface area contributed by atoms with Gasteiger partial charge in [-0.2, -0.15) is 4.31 Å². The van der Waals surface area contributed by atoms with E-state index >= 15 is 0 Å². The van der Waals surface area contributed by atoms with E-state index in [4.69, 9.17) is 5.73 Å². The van der Waals surface area contributed by atoms with Crippen LogP contribution in [0.5, 0.6) is 5.75 Å². The van der Waals surface area contributed by atoms with Crippen molar-refractivity contribution < 1.29 is 13.5 Å². The van der Waals surface area contributed by atoms with Crippen LogP contribution in [-0.2, 0) is 16.6 Å². The van der Waals surface area contributed by atoms with Crippen LogP contribution >= 0.6 is 15.9 Å². The molecule has 0 heterocycles. The lowest BCUT2D eigenvalue weighted by atomic mass is 10.2. The van der Waals surface area contributed by atoms with E-state index in [2.05, 4.69) is 15.9 Å². The quantitative estimate of drug-likeness (QED) is 0.810. The van der Waals surface area contributed by atoms with Gasteiger partial charge in [-0.05, 0) is 51.8 Å². The van der Waals surface area contributed by atoms with Crippen LogP contribution in [0.25, 0.3) is 0 Å². The van der Waals surface area contributed by atoms with Gasteiger partial charge in [0.15, 0.2) is 0 Å². The summed E-state index contributed by atoms with van der Waals surface area (Å²) >= 11 is 3.23. The van der Waals surface area contributed by atoms with Crippen molar-refractivity contribution in [1.29, 1.82) is 0 Å². The number of phenolic OH excluding ortho intramolecular Hbond substituents is 1. The minimum atomic E-state index is -3.60. The molecule has 0 atom stereocenters. The fourth-order valence-corrected chi connectivity index (χ4v) is 3.51. The molecule has 0 aliphatic rings. The molecule has 0 radical (unpaired) electrons. The summed E-state index contributed by atoms with van der Waals surface area (Å²) in [7, 11) is -2.09. The highest BCUT2D eigenvalue weighted by atomic mass is 79.9. The Morgan fingerprint density at radius 2 is 1.81 bits per heavy atom. The normalized spacial score (nSPS) is 11.8. The number of hydrogen-bond donors (Lipinski definition) is 2. The highest BCUT2D eigenvalue weighted by molar-refractivity contribution is 9.10. The van der Waals surface area contributed by atoms with Gasteiger partial charge >= 0.3 is 0 Å². The van der Waals surface area contributed by atoms with Gasteiger partial charge in [-0.1, -0.05) is 12.1 Å². The summed E-state index contributed by atoms with van der Waals surface area (Å²) in [4.78, 5) is 0.171. The average molecular weight is 371 g/mol. The minimum absolute atomic E-state index is 0.145. The number of anilines is 1. The van der Waals surface area contributed by atoms with Crippen LogP contribution in [0, 0.1) is 0 Å². The van der Waals surface area contributed by atoms with Crippen molar-refractivity contribution in [1.82, 2.24) is 4.31 Å². The zero-order valence-electron chi connectivity index (χ0n) is 11.3. The lowest BCUT2D eigenvalue weighted by molar-refractivity contribution is 0.463. The summed E-state index contributed by atoms with van der Waals surface area (Å²) in [6.45, 7) is 0.213. The minimum Gasteiger partial charge on any atom is -0.508 e. The second kappa shape index (κ2) is 6.05. The summed E-state index contributed by atoms with van der Waals surface area (Å²) in [6.07, 6.45) is 0. The van der Waals surface area contributed by atoms with Gasteiger partial charge in [0.05, 0.1) is 4.90 Å². The molecule has 21 heavy (non-hydrogen) atoms. The summed E-state index contributed by atoms with van der Waals surface area (Å²) in [5.41, 5.74) is 6.93. The van der Waals surface area contributed by atoms with E-state index in [1.54, 1.807) is 18.2 Å². The Hall–Kier alpha value is -1.57. The predicted molar refractivity (Wildman–Crippen MR) is 85.3 cm³/mol. The molecular weight excluding hydrogens is 356 g/mol. The lowest BCUT2D eigenvalue weighted by Gasteiger charge is -2.17. The Balaban J connectivity index is 2.25. The van der Waals surface area contributed by atoms with Crippen LogP contribution in [0.1, 0.15) is 5.56 Å². The number of phenols is 1. The Labute approximate surface area is 132 Å². The fraction of sp³-hybridized carbons (Fsp3) is 0.143. The molecular formula is C14H15BrN2O3S. The zero-order chi connectivity index (χ0) is 15.6. The summed E-state index contributed by atoms with van der Waals surface area (Å²) in [5.74, 6) is 0.145. The molecule has 2 rings (SSSR count). The molecule has 5 nitrogen and oxygen atoms in total. The predicted octanol–water partition coefficient (Wildman–Crippen LogP) is 2.56. The first-order valence-electron chi connectivity index (χ1n) is 6.10. The molecule has 0 saturated heterocycles. The van der Waals surface area contributed by atoms with Crippen LogP contribution in [-0.4, -0.2) is 24.9 Å². The average Bonchev–Trinajstić information content (AvgIpc) is 2.44. The van der Waals surface area contributed by atoms with Crippen LogP contribution in [0.3, 0.4) is 0 Å². The maximum Gasteiger partial charge on any atom is 0.243 e. The molecule has 0 aromatic heterocycles. The highest BCUT2D eigenvalue weighted by Gasteiger charge is 2.21. The van der Waals surface area contributed by atoms with Crippen LogP contribution in [0.15, 0.2) is 51.8 Å². The SMILES string of the molecule is CN(Cc1ccc(O)cc1)S(=O)(=O)c1ccc(N)c(Br)c1. The molecule has 0 unspecified atom stereocenters. The van der Waals surface area contributed by atoms with Gasteiger partial charge in [-0.25, -0.2) is 8.42 Å². The Kier molecular flexibility index (Phi) is 4.55. The van der Waals surface area contributed by atoms with Crippen LogP contribution in [0.4, 0.5) is 5.69 Å². The fourth-order valence-electron chi connectivity index (χ4n) is 1.79. The first-order chi connectivity index (χ1) is 9.80. The lowest BCUT2D eigenvalue weighted by Crippen LogP contribution is -2.26.